The van der Waals surface area contributed by atoms with Crippen LogP contribution in [0.2, 0.25) is 0 Å². The minimum atomic E-state index is 0.110. The molecule has 1 heterocycles. The molecule has 0 unspecified atom stereocenters. The van der Waals surface area contributed by atoms with Crippen molar-refractivity contribution in [3.63, 3.8) is 0 Å². The van der Waals surface area contributed by atoms with Crippen molar-refractivity contribution in [3.05, 3.63) is 0 Å². The summed E-state index contributed by atoms with van der Waals surface area (Å²) in [4.78, 5) is 0. The Morgan fingerprint density at radius 2 is 2.36 bits per heavy atom. The van der Waals surface area contributed by atoms with Crippen LogP contribution in [0.15, 0.2) is 4.42 Å². The lowest BCUT2D eigenvalue weighted by molar-refractivity contribution is 0.377. The highest BCUT2D eigenvalue weighted by Gasteiger charge is 2.36. The van der Waals surface area contributed by atoms with E-state index in [1.165, 1.54) is 19.3 Å². The maximum absolute atomic E-state index is 5.31. The summed E-state index contributed by atoms with van der Waals surface area (Å²) in [7, 11) is 0. The van der Waals surface area contributed by atoms with E-state index in [2.05, 4.69) is 21.8 Å². The van der Waals surface area contributed by atoms with Gasteiger partial charge in [-0.05, 0) is 19.1 Å². The molecule has 1 aromatic heterocycles. The molecule has 78 valence electrons. The van der Waals surface area contributed by atoms with E-state index in [0.717, 1.165) is 6.54 Å². The monoisotopic (exact) mass is 214 g/mol. The first-order chi connectivity index (χ1) is 6.74. The van der Waals surface area contributed by atoms with E-state index in [-0.39, 0.29) is 6.01 Å². The van der Waals surface area contributed by atoms with E-state index < -0.39 is 0 Å². The standard InChI is InChI=1S/C8H14N4OS/c1-14-8(3-2-4-8)5-10-7-12-11-6(9)13-7/h2-5H2,1H3,(H2,9,11)(H,10,12). The molecular formula is C8H14N4OS. The van der Waals surface area contributed by atoms with Gasteiger partial charge in [-0.1, -0.05) is 16.6 Å². The van der Waals surface area contributed by atoms with Crippen molar-refractivity contribution < 1.29 is 4.42 Å². The molecule has 0 aromatic carbocycles. The Balaban J connectivity index is 1.87. The van der Waals surface area contributed by atoms with Gasteiger partial charge in [0.15, 0.2) is 0 Å². The summed E-state index contributed by atoms with van der Waals surface area (Å²) in [6.07, 6.45) is 5.97. The van der Waals surface area contributed by atoms with E-state index in [1.54, 1.807) is 0 Å². The first-order valence-corrected chi connectivity index (χ1v) is 5.85. The molecule has 14 heavy (non-hydrogen) atoms. The average molecular weight is 214 g/mol. The minimum Gasteiger partial charge on any atom is -0.390 e. The number of nitrogen functional groups attached to an aromatic ring is 1. The number of aromatic nitrogens is 2. The van der Waals surface area contributed by atoms with Gasteiger partial charge in [0, 0.05) is 11.3 Å². The Morgan fingerprint density at radius 1 is 1.57 bits per heavy atom. The number of rotatable bonds is 4. The number of nitrogens with one attached hydrogen (secondary N) is 1. The maximum atomic E-state index is 5.31. The van der Waals surface area contributed by atoms with Crippen molar-refractivity contribution in [2.24, 2.45) is 0 Å². The Labute approximate surface area is 86.8 Å². The van der Waals surface area contributed by atoms with Crippen LogP contribution in [0.5, 0.6) is 0 Å². The molecule has 2 rings (SSSR count). The Bertz CT molecular complexity index is 305. The molecule has 1 aliphatic rings. The van der Waals surface area contributed by atoms with Crippen LogP contribution in [0.4, 0.5) is 12.0 Å². The lowest BCUT2D eigenvalue weighted by Gasteiger charge is -2.40. The average Bonchev–Trinajstić information content (AvgIpc) is 2.50. The summed E-state index contributed by atoms with van der Waals surface area (Å²) in [6.45, 7) is 0.871. The third kappa shape index (κ3) is 1.79. The van der Waals surface area contributed by atoms with Crippen molar-refractivity contribution in [3.8, 4) is 0 Å². The van der Waals surface area contributed by atoms with Crippen molar-refractivity contribution in [1.29, 1.82) is 0 Å². The van der Waals surface area contributed by atoms with E-state index in [4.69, 9.17) is 10.2 Å². The van der Waals surface area contributed by atoms with Gasteiger partial charge < -0.3 is 15.5 Å². The van der Waals surface area contributed by atoms with Crippen molar-refractivity contribution >= 4 is 23.8 Å². The molecule has 0 amide bonds. The minimum absolute atomic E-state index is 0.110. The normalized spacial score (nSPS) is 18.9. The SMILES string of the molecule is CSC1(CNc2nnc(N)o2)CCC1. The molecule has 1 aromatic rings. The fourth-order valence-corrected chi connectivity index (χ4v) is 2.48. The predicted octanol–water partition coefficient (Wildman–Crippen LogP) is 1.35. The quantitative estimate of drug-likeness (QED) is 0.787. The molecular weight excluding hydrogens is 200 g/mol. The molecule has 5 nitrogen and oxygen atoms in total. The van der Waals surface area contributed by atoms with Crippen molar-refractivity contribution in [2.75, 3.05) is 23.9 Å². The highest BCUT2D eigenvalue weighted by Crippen LogP contribution is 2.42. The smallest absolute Gasteiger partial charge is 0.316 e. The Hall–Kier alpha value is -0.910. The fraction of sp³-hybridized carbons (Fsp3) is 0.750. The summed E-state index contributed by atoms with van der Waals surface area (Å²) in [5.74, 6) is 0. The molecule has 1 fully saturated rings. The van der Waals surface area contributed by atoms with Crippen LogP contribution in [0.1, 0.15) is 19.3 Å². The van der Waals surface area contributed by atoms with E-state index in [9.17, 15) is 0 Å². The second-order valence-electron chi connectivity index (χ2n) is 3.54. The zero-order valence-corrected chi connectivity index (χ0v) is 8.93. The molecule has 3 N–H and O–H groups in total. The van der Waals surface area contributed by atoms with Crippen LogP contribution in [0.25, 0.3) is 0 Å². The highest BCUT2D eigenvalue weighted by molar-refractivity contribution is 8.00. The largest absolute Gasteiger partial charge is 0.390 e. The van der Waals surface area contributed by atoms with E-state index in [1.807, 2.05) is 11.8 Å². The molecule has 0 saturated heterocycles. The molecule has 0 radical (unpaired) electrons. The number of thioether (sulfide) groups is 1. The molecule has 6 heteroatoms. The molecule has 1 aliphatic carbocycles. The van der Waals surface area contributed by atoms with Crippen molar-refractivity contribution in [1.82, 2.24) is 10.2 Å². The van der Waals surface area contributed by atoms with Gasteiger partial charge in [-0.25, -0.2) is 0 Å². The first-order valence-electron chi connectivity index (χ1n) is 4.62. The maximum Gasteiger partial charge on any atom is 0.316 e. The van der Waals surface area contributed by atoms with Gasteiger partial charge in [-0.2, -0.15) is 11.8 Å². The summed E-state index contributed by atoms with van der Waals surface area (Å²) < 4.78 is 5.39. The zero-order valence-electron chi connectivity index (χ0n) is 8.12. The van der Waals surface area contributed by atoms with Crippen LogP contribution < -0.4 is 11.1 Å². The lowest BCUT2D eigenvalue weighted by atomic mass is 9.84. The molecule has 0 aliphatic heterocycles. The Kier molecular flexibility index (Phi) is 2.54. The number of hydrogen-bond acceptors (Lipinski definition) is 6. The highest BCUT2D eigenvalue weighted by atomic mass is 32.2. The predicted molar refractivity (Wildman–Crippen MR) is 57.3 cm³/mol. The second-order valence-corrected chi connectivity index (χ2v) is 4.81. The molecule has 0 spiro atoms. The van der Waals surface area contributed by atoms with Crippen LogP contribution in [-0.2, 0) is 0 Å². The van der Waals surface area contributed by atoms with Crippen molar-refractivity contribution in [2.45, 2.75) is 24.0 Å². The van der Waals surface area contributed by atoms with Crippen LogP contribution in [-0.4, -0.2) is 27.7 Å². The lowest BCUT2D eigenvalue weighted by Crippen LogP contribution is -2.40. The third-order valence-corrected chi connectivity index (χ3v) is 4.12. The molecule has 0 atom stereocenters. The summed E-state index contributed by atoms with van der Waals surface area (Å²) in [5, 5.41) is 10.4. The van der Waals surface area contributed by atoms with Gasteiger partial charge in [0.25, 0.3) is 0 Å². The summed E-state index contributed by atoms with van der Waals surface area (Å²) in [5.41, 5.74) is 5.31. The number of hydrogen-bond donors (Lipinski definition) is 2. The van der Waals surface area contributed by atoms with Gasteiger partial charge in [-0.3, -0.25) is 0 Å². The van der Waals surface area contributed by atoms with Gasteiger partial charge in [0.2, 0.25) is 0 Å². The van der Waals surface area contributed by atoms with Gasteiger partial charge in [0.1, 0.15) is 0 Å². The third-order valence-electron chi connectivity index (χ3n) is 2.70. The van der Waals surface area contributed by atoms with E-state index >= 15 is 0 Å². The Morgan fingerprint density at radius 3 is 2.79 bits per heavy atom. The fourth-order valence-electron chi connectivity index (χ4n) is 1.57. The van der Waals surface area contributed by atoms with Gasteiger partial charge >= 0.3 is 12.0 Å². The molecule has 1 saturated carbocycles. The van der Waals surface area contributed by atoms with Crippen LogP contribution >= 0.6 is 11.8 Å². The second kappa shape index (κ2) is 3.68. The number of anilines is 2. The zero-order chi connectivity index (χ0) is 10.0. The number of nitrogens with two attached hydrogens (primary N) is 1. The van der Waals surface area contributed by atoms with E-state index in [0.29, 0.717) is 10.8 Å². The van der Waals surface area contributed by atoms with Gasteiger partial charge in [-0.15, -0.1) is 0 Å². The topological polar surface area (TPSA) is 77.0 Å². The van der Waals surface area contributed by atoms with Gasteiger partial charge in [0.05, 0.1) is 0 Å². The van der Waals surface area contributed by atoms with Crippen LogP contribution in [0, 0.1) is 0 Å². The van der Waals surface area contributed by atoms with Crippen LogP contribution in [0.3, 0.4) is 0 Å². The first kappa shape index (κ1) is 9.64. The number of nitrogens with zero attached hydrogens (tertiary/aromatic N) is 2. The summed E-state index contributed by atoms with van der Waals surface area (Å²) >= 11 is 1.90. The summed E-state index contributed by atoms with van der Waals surface area (Å²) in [6, 6.07) is 0.530. The molecule has 0 bridgehead atoms.